The summed E-state index contributed by atoms with van der Waals surface area (Å²) in [4.78, 5) is 34.4. The number of hydrogen-bond donors (Lipinski definition) is 0. The zero-order valence-electron chi connectivity index (χ0n) is 16.1. The van der Waals surface area contributed by atoms with Crippen LogP contribution in [0.2, 0.25) is 0 Å². The van der Waals surface area contributed by atoms with E-state index in [2.05, 4.69) is 9.88 Å². The van der Waals surface area contributed by atoms with Gasteiger partial charge in [-0.05, 0) is 50.9 Å². The van der Waals surface area contributed by atoms with Gasteiger partial charge in [-0.25, -0.2) is 9.78 Å². The number of pyridine rings is 1. The van der Waals surface area contributed by atoms with Gasteiger partial charge >= 0.3 is 5.69 Å². The molecular weight excluding hydrogens is 342 g/mol. The molecule has 4 heterocycles. The fourth-order valence-corrected chi connectivity index (χ4v) is 4.50. The Morgan fingerprint density at radius 3 is 2.70 bits per heavy atom. The summed E-state index contributed by atoms with van der Waals surface area (Å²) >= 11 is 0. The number of rotatable bonds is 3. The van der Waals surface area contributed by atoms with Crippen molar-refractivity contribution in [1.29, 1.82) is 0 Å². The smallest absolute Gasteiger partial charge is 0.330 e. The molecule has 0 spiro atoms. The Labute approximate surface area is 159 Å². The minimum absolute atomic E-state index is 0.00191. The van der Waals surface area contributed by atoms with Crippen LogP contribution < -0.4 is 5.69 Å². The van der Waals surface area contributed by atoms with Gasteiger partial charge in [0.25, 0.3) is 0 Å². The van der Waals surface area contributed by atoms with Crippen LogP contribution in [0.3, 0.4) is 0 Å². The minimum Gasteiger partial charge on any atom is -0.340 e. The molecule has 146 valence electrons. The van der Waals surface area contributed by atoms with E-state index in [9.17, 15) is 9.59 Å². The Balaban J connectivity index is 1.51. The lowest BCUT2D eigenvalue weighted by Gasteiger charge is -2.34. The normalized spacial score (nSPS) is 22.1. The van der Waals surface area contributed by atoms with Crippen molar-refractivity contribution in [1.82, 2.24) is 23.9 Å². The molecule has 2 saturated heterocycles. The third-order valence-corrected chi connectivity index (χ3v) is 6.02. The van der Waals surface area contributed by atoms with Gasteiger partial charge in [0, 0.05) is 26.3 Å². The maximum Gasteiger partial charge on any atom is 0.330 e. The van der Waals surface area contributed by atoms with Crippen LogP contribution >= 0.6 is 0 Å². The summed E-state index contributed by atoms with van der Waals surface area (Å²) in [5.41, 5.74) is 1.52. The summed E-state index contributed by atoms with van der Waals surface area (Å²) in [7, 11) is 1.79. The van der Waals surface area contributed by atoms with Crippen molar-refractivity contribution in [3.8, 4) is 0 Å². The number of fused-ring (bicyclic) bond motifs is 1. The second kappa shape index (κ2) is 7.84. The predicted molar refractivity (Wildman–Crippen MR) is 105 cm³/mol. The van der Waals surface area contributed by atoms with Crippen molar-refractivity contribution in [2.75, 3.05) is 32.7 Å². The number of nitrogens with zero attached hydrogens (tertiary/aromatic N) is 5. The number of likely N-dealkylation sites (tertiary alicyclic amines) is 2. The monoisotopic (exact) mass is 371 g/mol. The van der Waals surface area contributed by atoms with E-state index in [-0.39, 0.29) is 17.6 Å². The number of hydrogen-bond acceptors (Lipinski definition) is 4. The van der Waals surface area contributed by atoms with Gasteiger partial charge in [-0.1, -0.05) is 12.8 Å². The summed E-state index contributed by atoms with van der Waals surface area (Å²) in [6.45, 7) is 3.94. The number of carbonyl (C=O) groups is 1. The number of imidazole rings is 1. The average molecular weight is 371 g/mol. The summed E-state index contributed by atoms with van der Waals surface area (Å²) < 4.78 is 3.45. The van der Waals surface area contributed by atoms with Crippen LogP contribution in [0, 0.1) is 0 Å². The van der Waals surface area contributed by atoms with E-state index in [1.54, 1.807) is 22.4 Å². The quantitative estimate of drug-likeness (QED) is 0.825. The van der Waals surface area contributed by atoms with Gasteiger partial charge in [-0.2, -0.15) is 0 Å². The lowest BCUT2D eigenvalue weighted by molar-refractivity contribution is -0.134. The summed E-state index contributed by atoms with van der Waals surface area (Å²) in [6.07, 6.45) is 8.47. The first-order chi connectivity index (χ1) is 13.1. The van der Waals surface area contributed by atoms with Gasteiger partial charge < -0.3 is 4.90 Å². The molecule has 0 aliphatic carbocycles. The highest BCUT2D eigenvalue weighted by molar-refractivity contribution is 5.78. The first-order valence-corrected chi connectivity index (χ1v) is 10.2. The molecule has 2 aliphatic rings. The van der Waals surface area contributed by atoms with Crippen molar-refractivity contribution < 1.29 is 4.79 Å². The first-order valence-electron chi connectivity index (χ1n) is 10.2. The molecule has 2 aromatic rings. The highest BCUT2D eigenvalue weighted by Crippen LogP contribution is 2.24. The van der Waals surface area contributed by atoms with Crippen molar-refractivity contribution >= 4 is 17.1 Å². The minimum atomic E-state index is -0.0458. The largest absolute Gasteiger partial charge is 0.340 e. The zero-order chi connectivity index (χ0) is 18.8. The second-order valence-electron chi connectivity index (χ2n) is 7.88. The fraction of sp³-hybridized carbons (Fsp3) is 0.650. The highest BCUT2D eigenvalue weighted by atomic mass is 16.2. The molecule has 0 saturated carbocycles. The second-order valence-corrected chi connectivity index (χ2v) is 7.88. The van der Waals surface area contributed by atoms with Crippen LogP contribution in [0.1, 0.15) is 44.6 Å². The number of carbonyl (C=O) groups excluding carboxylic acids is 1. The molecule has 0 N–H and O–H groups in total. The molecule has 0 aromatic carbocycles. The Hall–Kier alpha value is -2.15. The Kier molecular flexibility index (Phi) is 5.29. The van der Waals surface area contributed by atoms with Crippen LogP contribution in [-0.2, 0) is 11.8 Å². The molecule has 2 aliphatic heterocycles. The number of piperidine rings is 1. The number of aryl methyl sites for hydroxylation is 1. The molecule has 4 rings (SSSR count). The van der Waals surface area contributed by atoms with Crippen LogP contribution in [0.5, 0.6) is 0 Å². The highest BCUT2D eigenvalue weighted by Gasteiger charge is 2.29. The standard InChI is InChI=1S/C20H29N5O2/c1-22-17-9-6-10-21-19(17)25(20(22)27)16-8-7-13-24(14-16)18(26)15-23-11-4-2-3-5-12-23/h6,9-10,16H,2-5,7-8,11-15H2,1H3/t16-/m0/s1. The molecule has 7 nitrogen and oxygen atoms in total. The lowest BCUT2D eigenvalue weighted by atomic mass is 10.1. The van der Waals surface area contributed by atoms with E-state index >= 15 is 0 Å². The number of aromatic nitrogens is 3. The van der Waals surface area contributed by atoms with E-state index in [4.69, 9.17) is 0 Å². The lowest BCUT2D eigenvalue weighted by Crippen LogP contribution is -2.47. The third kappa shape index (κ3) is 3.65. The van der Waals surface area contributed by atoms with E-state index in [1.807, 2.05) is 17.0 Å². The molecule has 0 bridgehead atoms. The van der Waals surface area contributed by atoms with Gasteiger partial charge in [0.15, 0.2) is 5.65 Å². The average Bonchev–Trinajstić information content (AvgIpc) is 2.85. The summed E-state index contributed by atoms with van der Waals surface area (Å²) in [6, 6.07) is 3.77. The van der Waals surface area contributed by atoms with E-state index < -0.39 is 0 Å². The molecule has 2 fully saturated rings. The molecule has 0 radical (unpaired) electrons. The molecule has 27 heavy (non-hydrogen) atoms. The zero-order valence-corrected chi connectivity index (χ0v) is 16.1. The molecule has 7 heteroatoms. The Morgan fingerprint density at radius 1 is 1.15 bits per heavy atom. The van der Waals surface area contributed by atoms with E-state index in [0.717, 1.165) is 43.6 Å². The maximum absolute atomic E-state index is 12.9. The first kappa shape index (κ1) is 18.2. The van der Waals surface area contributed by atoms with Gasteiger partial charge in [0.1, 0.15) is 0 Å². The van der Waals surface area contributed by atoms with Crippen molar-refractivity contribution in [2.45, 2.75) is 44.6 Å². The third-order valence-electron chi connectivity index (χ3n) is 6.02. The molecule has 1 atom stereocenters. The summed E-state index contributed by atoms with van der Waals surface area (Å²) in [5, 5.41) is 0. The maximum atomic E-state index is 12.9. The van der Waals surface area contributed by atoms with Gasteiger partial charge in [-0.3, -0.25) is 18.8 Å². The predicted octanol–water partition coefficient (Wildman–Crippen LogP) is 1.77. The van der Waals surface area contributed by atoms with E-state index in [1.165, 1.54) is 25.7 Å². The van der Waals surface area contributed by atoms with Crippen molar-refractivity contribution in [3.63, 3.8) is 0 Å². The van der Waals surface area contributed by atoms with Crippen LogP contribution in [0.15, 0.2) is 23.1 Å². The fourth-order valence-electron chi connectivity index (χ4n) is 4.50. The molecule has 0 unspecified atom stereocenters. The molecule has 1 amide bonds. The topological polar surface area (TPSA) is 63.4 Å². The van der Waals surface area contributed by atoms with Gasteiger partial charge in [-0.15, -0.1) is 0 Å². The Morgan fingerprint density at radius 2 is 1.93 bits per heavy atom. The summed E-state index contributed by atoms with van der Waals surface area (Å²) in [5.74, 6) is 0.197. The van der Waals surface area contributed by atoms with E-state index in [0.29, 0.717) is 13.1 Å². The number of amides is 1. The van der Waals surface area contributed by atoms with Gasteiger partial charge in [0.05, 0.1) is 18.1 Å². The molecular formula is C20H29N5O2. The van der Waals surface area contributed by atoms with Crippen LogP contribution in [0.4, 0.5) is 0 Å². The van der Waals surface area contributed by atoms with Crippen LogP contribution in [-0.4, -0.2) is 62.5 Å². The van der Waals surface area contributed by atoms with Gasteiger partial charge in [0.2, 0.25) is 5.91 Å². The Bertz CT molecular complexity index is 863. The van der Waals surface area contributed by atoms with Crippen molar-refractivity contribution in [3.05, 3.63) is 28.8 Å². The van der Waals surface area contributed by atoms with Crippen molar-refractivity contribution in [2.24, 2.45) is 7.05 Å². The molecule has 2 aromatic heterocycles. The van der Waals surface area contributed by atoms with Crippen LogP contribution in [0.25, 0.3) is 11.2 Å². The SMILES string of the molecule is Cn1c(=O)n([C@H]2CCCN(C(=O)CN3CCCCCC3)C2)c2ncccc21.